The number of hydrogen-bond acceptors (Lipinski definition) is 6. The molecular weight excluding hydrogens is 641 g/mol. The Hall–Kier alpha value is -3.70. The number of carbonyl (C=O) groups excluding carboxylic acids is 1. The first-order chi connectivity index (χ1) is 23.1. The van der Waals surface area contributed by atoms with Gasteiger partial charge in [0.1, 0.15) is 5.75 Å². The number of amides is 1. The van der Waals surface area contributed by atoms with Crippen LogP contribution in [0.25, 0.3) is 22.2 Å². The lowest BCUT2D eigenvalue weighted by atomic mass is 9.93. The van der Waals surface area contributed by atoms with Gasteiger partial charge in [0, 0.05) is 41.7 Å². The van der Waals surface area contributed by atoms with Crippen LogP contribution >= 0.6 is 11.6 Å². The molecule has 0 bridgehead atoms. The van der Waals surface area contributed by atoms with E-state index in [9.17, 15) is 23.1 Å². The fourth-order valence-corrected chi connectivity index (χ4v) is 6.78. The third-order valence-electron chi connectivity index (χ3n) is 9.23. The van der Waals surface area contributed by atoms with E-state index in [1.807, 2.05) is 37.3 Å². The standard InChI is InChI=1S/C37H40ClF3N4O3/c1-2-19-48-32-22-31-28(21-30(32)38)33(35(47)44-36(13-14-36)25-8-4-3-5-9-25)29(23-45-16-11-27(12-17-45)42-15-18-46)34(43-31)24-7-6-10-26(20-24)37(39,40)41/h3-10,20-22,27,42,46H,2,11-19,23H2,1H3,(H,44,47). The number of fused-ring (bicyclic) bond motifs is 1. The molecule has 11 heteroatoms. The number of benzene rings is 3. The number of ether oxygens (including phenoxy) is 1. The van der Waals surface area contributed by atoms with Crippen LogP contribution in [0, 0.1) is 0 Å². The van der Waals surface area contributed by atoms with Gasteiger partial charge in [-0.1, -0.05) is 61.0 Å². The van der Waals surface area contributed by atoms with Crippen LogP contribution in [0.15, 0.2) is 66.7 Å². The molecular formula is C37H40ClF3N4O3. The number of hydrogen-bond donors (Lipinski definition) is 3. The molecule has 1 aliphatic heterocycles. The van der Waals surface area contributed by atoms with E-state index < -0.39 is 17.3 Å². The Kier molecular flexibility index (Phi) is 10.3. The van der Waals surface area contributed by atoms with E-state index in [1.165, 1.54) is 6.07 Å². The summed E-state index contributed by atoms with van der Waals surface area (Å²) in [4.78, 5) is 21.8. The minimum Gasteiger partial charge on any atom is -0.492 e. The van der Waals surface area contributed by atoms with Gasteiger partial charge in [-0.25, -0.2) is 4.98 Å². The van der Waals surface area contributed by atoms with Gasteiger partial charge >= 0.3 is 6.18 Å². The predicted molar refractivity (Wildman–Crippen MR) is 181 cm³/mol. The molecule has 6 rings (SSSR count). The second kappa shape index (κ2) is 14.4. The summed E-state index contributed by atoms with van der Waals surface area (Å²) in [6, 6.07) is 18.5. The second-order valence-electron chi connectivity index (χ2n) is 12.7. The van der Waals surface area contributed by atoms with Gasteiger partial charge in [-0.2, -0.15) is 13.2 Å². The van der Waals surface area contributed by atoms with E-state index in [0.29, 0.717) is 71.3 Å². The number of nitrogens with zero attached hydrogens (tertiary/aromatic N) is 2. The van der Waals surface area contributed by atoms with Crippen LogP contribution in [0.2, 0.25) is 5.02 Å². The molecule has 0 spiro atoms. The number of halogens is 4. The summed E-state index contributed by atoms with van der Waals surface area (Å²) in [6.07, 6.45) is -0.626. The van der Waals surface area contributed by atoms with Crippen molar-refractivity contribution in [2.24, 2.45) is 0 Å². The summed E-state index contributed by atoms with van der Waals surface area (Å²) in [5.41, 5.74) is 1.55. The number of rotatable bonds is 12. The monoisotopic (exact) mass is 680 g/mol. The van der Waals surface area contributed by atoms with Crippen LogP contribution in [0.3, 0.4) is 0 Å². The molecule has 3 aromatic carbocycles. The second-order valence-corrected chi connectivity index (χ2v) is 13.1. The molecule has 4 aromatic rings. The molecule has 1 aliphatic carbocycles. The molecule has 2 heterocycles. The summed E-state index contributed by atoms with van der Waals surface area (Å²) in [5.74, 6) is 0.0674. The Labute approximate surface area is 283 Å². The molecule has 0 atom stereocenters. The van der Waals surface area contributed by atoms with E-state index in [2.05, 4.69) is 15.5 Å². The van der Waals surface area contributed by atoms with Crippen molar-refractivity contribution >= 4 is 28.4 Å². The number of alkyl halides is 3. The van der Waals surface area contributed by atoms with E-state index in [1.54, 1.807) is 18.2 Å². The number of aromatic nitrogens is 1. The number of nitrogens with one attached hydrogen (secondary N) is 2. The van der Waals surface area contributed by atoms with Crippen molar-refractivity contribution in [3.63, 3.8) is 0 Å². The third-order valence-corrected chi connectivity index (χ3v) is 9.53. The molecule has 0 unspecified atom stereocenters. The van der Waals surface area contributed by atoms with Crippen LogP contribution in [-0.2, 0) is 18.3 Å². The van der Waals surface area contributed by atoms with Crippen LogP contribution in [0.5, 0.6) is 5.75 Å². The van der Waals surface area contributed by atoms with Crippen LogP contribution in [0.4, 0.5) is 13.2 Å². The molecule has 1 aromatic heterocycles. The minimum absolute atomic E-state index is 0.0556. The molecule has 1 amide bonds. The smallest absolute Gasteiger partial charge is 0.416 e. The zero-order valence-corrected chi connectivity index (χ0v) is 27.6. The number of aliphatic hydroxyl groups excluding tert-OH is 1. The maximum absolute atomic E-state index is 14.7. The topological polar surface area (TPSA) is 86.7 Å². The fourth-order valence-electron chi connectivity index (χ4n) is 6.56. The van der Waals surface area contributed by atoms with Crippen molar-refractivity contribution in [3.05, 3.63) is 94.0 Å². The van der Waals surface area contributed by atoms with E-state index >= 15 is 0 Å². The average molecular weight is 681 g/mol. The van der Waals surface area contributed by atoms with Crippen LogP contribution in [-0.4, -0.2) is 59.8 Å². The Balaban J connectivity index is 1.51. The summed E-state index contributed by atoms with van der Waals surface area (Å²) in [7, 11) is 0. The largest absolute Gasteiger partial charge is 0.492 e. The molecule has 1 saturated heterocycles. The quantitative estimate of drug-likeness (QED) is 0.145. The van der Waals surface area contributed by atoms with Gasteiger partial charge in [0.05, 0.1) is 46.1 Å². The van der Waals surface area contributed by atoms with Crippen molar-refractivity contribution in [1.29, 1.82) is 0 Å². The molecule has 7 nitrogen and oxygen atoms in total. The SMILES string of the molecule is CCCOc1cc2nc(-c3cccc(C(F)(F)F)c3)c(CN3CCC(NCCO)CC3)c(C(=O)NC3(c4ccccc4)CC3)c2cc1Cl. The normalized spacial score (nSPS) is 16.6. The molecule has 48 heavy (non-hydrogen) atoms. The first kappa shape index (κ1) is 34.2. The summed E-state index contributed by atoms with van der Waals surface area (Å²) in [5, 5.41) is 16.8. The van der Waals surface area contributed by atoms with Gasteiger partial charge in [-0.05, 0) is 69.0 Å². The maximum Gasteiger partial charge on any atom is 0.416 e. The zero-order chi connectivity index (χ0) is 33.9. The summed E-state index contributed by atoms with van der Waals surface area (Å²) < 4.78 is 47.8. The first-order valence-corrected chi connectivity index (χ1v) is 16.9. The van der Waals surface area contributed by atoms with Gasteiger partial charge in [0.15, 0.2) is 0 Å². The summed E-state index contributed by atoms with van der Waals surface area (Å²) in [6.45, 7) is 4.65. The van der Waals surface area contributed by atoms with Gasteiger partial charge < -0.3 is 20.5 Å². The highest BCUT2D eigenvalue weighted by atomic mass is 35.5. The Morgan fingerprint density at radius 3 is 2.50 bits per heavy atom. The van der Waals surface area contributed by atoms with E-state index in [-0.39, 0.29) is 24.1 Å². The number of carbonyl (C=O) groups is 1. The fraction of sp³-hybridized carbons (Fsp3) is 0.405. The van der Waals surface area contributed by atoms with E-state index in [4.69, 9.17) is 21.3 Å². The highest BCUT2D eigenvalue weighted by Gasteiger charge is 2.46. The molecule has 2 aliphatic rings. The number of piperidine rings is 1. The van der Waals surface area contributed by atoms with Gasteiger partial charge in [-0.15, -0.1) is 0 Å². The van der Waals surface area contributed by atoms with Crippen LogP contribution in [0.1, 0.15) is 66.1 Å². The van der Waals surface area contributed by atoms with Gasteiger partial charge in [-0.3, -0.25) is 9.69 Å². The molecule has 3 N–H and O–H groups in total. The Morgan fingerprint density at radius 2 is 1.83 bits per heavy atom. The lowest BCUT2D eigenvalue weighted by Gasteiger charge is -2.33. The molecule has 2 fully saturated rings. The van der Waals surface area contributed by atoms with Gasteiger partial charge in [0.2, 0.25) is 0 Å². The molecule has 1 saturated carbocycles. The lowest BCUT2D eigenvalue weighted by Crippen LogP contribution is -2.43. The maximum atomic E-state index is 14.7. The van der Waals surface area contributed by atoms with Gasteiger partial charge in [0.25, 0.3) is 5.91 Å². The summed E-state index contributed by atoms with van der Waals surface area (Å²) >= 11 is 6.74. The van der Waals surface area contributed by atoms with Crippen molar-refractivity contribution in [2.75, 3.05) is 32.8 Å². The average Bonchev–Trinajstić information content (AvgIpc) is 3.87. The molecule has 254 valence electrons. The lowest BCUT2D eigenvalue weighted by molar-refractivity contribution is -0.137. The van der Waals surface area contributed by atoms with Crippen molar-refractivity contribution in [2.45, 2.75) is 63.3 Å². The highest BCUT2D eigenvalue weighted by Crippen LogP contribution is 2.46. The minimum atomic E-state index is -4.56. The molecule has 0 radical (unpaired) electrons. The highest BCUT2D eigenvalue weighted by molar-refractivity contribution is 6.33. The van der Waals surface area contributed by atoms with Crippen molar-refractivity contribution in [3.8, 4) is 17.0 Å². The Morgan fingerprint density at radius 1 is 1.08 bits per heavy atom. The van der Waals surface area contributed by atoms with Crippen molar-refractivity contribution < 1.29 is 27.8 Å². The van der Waals surface area contributed by atoms with E-state index in [0.717, 1.165) is 49.8 Å². The van der Waals surface area contributed by atoms with Crippen molar-refractivity contribution in [1.82, 2.24) is 20.5 Å². The third kappa shape index (κ3) is 7.47. The first-order valence-electron chi connectivity index (χ1n) is 16.5. The Bertz CT molecular complexity index is 1760. The zero-order valence-electron chi connectivity index (χ0n) is 26.9. The number of pyridine rings is 1. The predicted octanol–water partition coefficient (Wildman–Crippen LogP) is 7.33. The number of aliphatic hydroxyl groups is 1. The number of likely N-dealkylation sites (tertiary alicyclic amines) is 1. The van der Waals surface area contributed by atoms with Crippen LogP contribution < -0.4 is 15.4 Å².